The lowest BCUT2D eigenvalue weighted by Crippen LogP contribution is -2.06. The summed E-state index contributed by atoms with van der Waals surface area (Å²) in [7, 11) is 0. The fourth-order valence-corrected chi connectivity index (χ4v) is 12.5. The minimum Gasteiger partial charge on any atom is -0.454 e. The molecule has 0 fully saturated rings. The molecule has 0 amide bonds. The monoisotopic (exact) mass is 1060 g/mol. The molecule has 4 aromatic heterocycles. The van der Waals surface area contributed by atoms with Gasteiger partial charge in [0.1, 0.15) is 17.2 Å². The van der Waals surface area contributed by atoms with Crippen LogP contribution in [-0.4, -0.2) is 19.1 Å². The van der Waals surface area contributed by atoms with Crippen LogP contribution in [0.2, 0.25) is 0 Å². The minimum atomic E-state index is 0.401. The Morgan fingerprint density at radius 1 is 0.301 bits per heavy atom. The van der Waals surface area contributed by atoms with Crippen LogP contribution < -0.4 is 0 Å². The summed E-state index contributed by atoms with van der Waals surface area (Å²) in [5, 5.41) is 18.2. The van der Waals surface area contributed by atoms with Crippen LogP contribution in [0.3, 0.4) is 0 Å². The molecule has 0 atom stereocenters. The van der Waals surface area contributed by atoms with Crippen LogP contribution in [0.1, 0.15) is 5.56 Å². The predicted molar refractivity (Wildman–Crippen MR) is 341 cm³/mol. The molecule has 0 saturated carbocycles. The van der Waals surface area contributed by atoms with Gasteiger partial charge >= 0.3 is 0 Å². The first kappa shape index (κ1) is 47.6. The van der Waals surface area contributed by atoms with Crippen molar-refractivity contribution in [1.29, 1.82) is 5.26 Å². The van der Waals surface area contributed by atoms with Crippen molar-refractivity contribution in [3.05, 3.63) is 291 Å². The van der Waals surface area contributed by atoms with E-state index in [1.165, 1.54) is 0 Å². The fourth-order valence-electron chi connectivity index (χ4n) is 12.5. The third-order valence-corrected chi connectivity index (χ3v) is 16.4. The van der Waals surface area contributed by atoms with Crippen molar-refractivity contribution in [2.45, 2.75) is 0 Å². The highest BCUT2D eigenvalue weighted by Gasteiger charge is 2.29. The standard InChI is InChI=1S/C77H47N5O/c78-48-66-74(82-71-40-36-57(51-24-11-3-12-25-51)44-63(71)64-45-58(37-41-72(64)82)52-26-13-4-14-27-52)73(81-69-38-34-55(49-20-7-1-8-21-49)42-61(69)62-43-56(35-39-70(62)81)50-22-9-2-10-23-50)46-65-59-32-19-33-60(75(59)83-76(65)66)77-79-67(53-28-15-5-16-29-53)47-68(80-77)54-30-17-6-18-31-54/h1-47H. The summed E-state index contributed by atoms with van der Waals surface area (Å²) < 4.78 is 12.0. The molecule has 6 heteroatoms. The number of fused-ring (bicyclic) bond motifs is 9. The van der Waals surface area contributed by atoms with Gasteiger partial charge < -0.3 is 13.6 Å². The van der Waals surface area contributed by atoms with Crippen molar-refractivity contribution in [2.75, 3.05) is 0 Å². The molecule has 0 radical (unpaired) electrons. The number of hydrogen-bond donors (Lipinski definition) is 0. The number of hydrogen-bond acceptors (Lipinski definition) is 4. The maximum atomic E-state index is 12.2. The maximum absolute atomic E-state index is 12.2. The Hall–Kier alpha value is -11.4. The van der Waals surface area contributed by atoms with E-state index in [1.54, 1.807) is 0 Å². The van der Waals surface area contributed by atoms with E-state index in [9.17, 15) is 5.26 Å². The first-order valence-corrected chi connectivity index (χ1v) is 27.9. The summed E-state index contributed by atoms with van der Waals surface area (Å²) in [6.45, 7) is 0. The Labute approximate surface area is 478 Å². The first-order valence-electron chi connectivity index (χ1n) is 27.9. The fraction of sp³-hybridized carbons (Fsp3) is 0. The molecule has 83 heavy (non-hydrogen) atoms. The number of benzene rings is 12. The molecule has 16 rings (SSSR count). The number of nitriles is 1. The Morgan fingerprint density at radius 2 is 0.675 bits per heavy atom. The van der Waals surface area contributed by atoms with Gasteiger partial charge in [-0.15, -0.1) is 0 Å². The third kappa shape index (κ3) is 7.94. The van der Waals surface area contributed by atoms with Crippen LogP contribution in [0.25, 0.3) is 155 Å². The minimum absolute atomic E-state index is 0.401. The van der Waals surface area contributed by atoms with E-state index in [-0.39, 0.29) is 0 Å². The zero-order chi connectivity index (χ0) is 55.0. The van der Waals surface area contributed by atoms with Gasteiger partial charge in [-0.05, 0) is 111 Å². The Bertz CT molecular complexity index is 4980. The Balaban J connectivity index is 1.04. The molecule has 0 saturated heterocycles. The van der Waals surface area contributed by atoms with Gasteiger partial charge in [-0.25, -0.2) is 9.97 Å². The van der Waals surface area contributed by atoms with Crippen LogP contribution >= 0.6 is 0 Å². The average Bonchev–Trinajstić information content (AvgIpc) is 2.12. The summed E-state index contributed by atoms with van der Waals surface area (Å²) in [5.74, 6) is 0.519. The van der Waals surface area contributed by atoms with Crippen molar-refractivity contribution < 1.29 is 4.42 Å². The quantitative estimate of drug-likeness (QED) is 0.144. The van der Waals surface area contributed by atoms with Crippen LogP contribution in [0, 0.1) is 11.3 Å². The highest BCUT2D eigenvalue weighted by Crippen LogP contribution is 2.47. The lowest BCUT2D eigenvalue weighted by Gasteiger charge is -2.19. The highest BCUT2D eigenvalue weighted by molar-refractivity contribution is 6.17. The first-order chi connectivity index (χ1) is 41.1. The molecule has 16 aromatic rings. The molecule has 0 unspecified atom stereocenters. The van der Waals surface area contributed by atoms with Crippen molar-refractivity contribution >= 4 is 65.6 Å². The Morgan fingerprint density at radius 3 is 1.06 bits per heavy atom. The average molecular weight is 1060 g/mol. The van der Waals surface area contributed by atoms with Crippen molar-refractivity contribution in [3.8, 4) is 95.9 Å². The lowest BCUT2D eigenvalue weighted by molar-refractivity contribution is 0.668. The molecular weight excluding hydrogens is 1010 g/mol. The van der Waals surface area contributed by atoms with Gasteiger partial charge in [0.25, 0.3) is 0 Å². The maximum Gasteiger partial charge on any atom is 0.164 e. The van der Waals surface area contributed by atoms with Crippen LogP contribution in [0.4, 0.5) is 0 Å². The summed E-state index contributed by atoms with van der Waals surface area (Å²) >= 11 is 0. The second kappa shape index (κ2) is 19.5. The molecule has 386 valence electrons. The van der Waals surface area contributed by atoms with E-state index in [0.717, 1.165) is 133 Å². The van der Waals surface area contributed by atoms with Crippen molar-refractivity contribution in [3.63, 3.8) is 0 Å². The van der Waals surface area contributed by atoms with Gasteiger partial charge in [0.05, 0.1) is 50.4 Å². The normalized spacial score (nSPS) is 11.6. The van der Waals surface area contributed by atoms with Gasteiger partial charge in [0.2, 0.25) is 0 Å². The van der Waals surface area contributed by atoms with E-state index in [1.807, 2.05) is 54.6 Å². The van der Waals surface area contributed by atoms with E-state index >= 15 is 0 Å². The van der Waals surface area contributed by atoms with Gasteiger partial charge in [-0.3, -0.25) is 0 Å². The number of nitrogens with zero attached hydrogens (tertiary/aromatic N) is 5. The lowest BCUT2D eigenvalue weighted by atomic mass is 10.0. The van der Waals surface area contributed by atoms with Crippen molar-refractivity contribution in [2.24, 2.45) is 0 Å². The molecule has 0 spiro atoms. The van der Waals surface area contributed by atoms with E-state index < -0.39 is 0 Å². The van der Waals surface area contributed by atoms with Gasteiger partial charge in [0.15, 0.2) is 11.4 Å². The highest BCUT2D eigenvalue weighted by atomic mass is 16.3. The van der Waals surface area contributed by atoms with Crippen LogP contribution in [0.15, 0.2) is 290 Å². The second-order valence-electron chi connectivity index (χ2n) is 21.1. The summed E-state index contributed by atoms with van der Waals surface area (Å²) in [5.41, 5.74) is 20.1. The van der Waals surface area contributed by atoms with Gasteiger partial charge in [-0.2, -0.15) is 5.26 Å². The number of para-hydroxylation sites is 1. The molecule has 4 heterocycles. The molecule has 0 aliphatic carbocycles. The summed E-state index contributed by atoms with van der Waals surface area (Å²) in [6, 6.07) is 103. The molecule has 0 bridgehead atoms. The zero-order valence-electron chi connectivity index (χ0n) is 44.8. The molecule has 12 aromatic carbocycles. The molecule has 0 aliphatic rings. The summed E-state index contributed by atoms with van der Waals surface area (Å²) in [4.78, 5) is 10.6. The summed E-state index contributed by atoms with van der Waals surface area (Å²) in [6.07, 6.45) is 0. The Kier molecular flexibility index (Phi) is 11.2. The van der Waals surface area contributed by atoms with Crippen LogP contribution in [-0.2, 0) is 0 Å². The van der Waals surface area contributed by atoms with E-state index in [2.05, 4.69) is 246 Å². The smallest absolute Gasteiger partial charge is 0.164 e. The number of rotatable bonds is 9. The number of aromatic nitrogens is 4. The van der Waals surface area contributed by atoms with E-state index in [0.29, 0.717) is 28.2 Å². The molecular formula is C77H47N5O. The predicted octanol–water partition coefficient (Wildman–Crippen LogP) is 20.1. The van der Waals surface area contributed by atoms with E-state index in [4.69, 9.17) is 14.4 Å². The second-order valence-corrected chi connectivity index (χ2v) is 21.1. The zero-order valence-corrected chi connectivity index (χ0v) is 44.8. The molecule has 6 nitrogen and oxygen atoms in total. The van der Waals surface area contributed by atoms with Crippen LogP contribution in [0.5, 0.6) is 0 Å². The SMILES string of the molecule is N#Cc1c(-n2c3ccc(-c4ccccc4)cc3c3cc(-c4ccccc4)ccc32)c(-n2c3ccc(-c4ccccc4)cc3c3cc(-c4ccccc4)ccc32)cc2c1oc1c(-c3nc(-c4ccccc4)cc(-c4ccccc4)n3)cccc12. The molecule has 0 aliphatic heterocycles. The topological polar surface area (TPSA) is 72.6 Å². The van der Waals surface area contributed by atoms with Gasteiger partial charge in [-0.1, -0.05) is 218 Å². The molecule has 0 N–H and O–H groups in total. The third-order valence-electron chi connectivity index (χ3n) is 16.4. The van der Waals surface area contributed by atoms with Gasteiger partial charge in [0, 0.05) is 43.4 Å². The number of furan rings is 1. The largest absolute Gasteiger partial charge is 0.454 e. The van der Waals surface area contributed by atoms with Crippen molar-refractivity contribution in [1.82, 2.24) is 19.1 Å².